The average Bonchev–Trinajstić information content (AvgIpc) is 3.06. The van der Waals surface area contributed by atoms with E-state index in [4.69, 9.17) is 8.30 Å². The Hall–Kier alpha value is -2.82. The van der Waals surface area contributed by atoms with Crippen LogP contribution in [0, 0.1) is 27.6 Å². The van der Waals surface area contributed by atoms with Crippen molar-refractivity contribution in [2.45, 2.75) is 43.2 Å². The highest BCUT2D eigenvalue weighted by Crippen LogP contribution is 2.62. The van der Waals surface area contributed by atoms with Crippen molar-refractivity contribution in [3.05, 3.63) is 71.9 Å². The van der Waals surface area contributed by atoms with Gasteiger partial charge in [-0.25, -0.2) is 19.3 Å². The summed E-state index contributed by atoms with van der Waals surface area (Å²) >= 11 is -1.06. The van der Waals surface area contributed by atoms with Gasteiger partial charge in [-0.3, -0.25) is 8.36 Å². The molecular formula is C26H27FIN5O2. The number of aromatic nitrogens is 3. The van der Waals surface area contributed by atoms with Gasteiger partial charge < -0.3 is 9.64 Å². The highest BCUT2D eigenvalue weighted by atomic mass is 127. The van der Waals surface area contributed by atoms with Crippen molar-refractivity contribution in [2.24, 2.45) is 11.3 Å². The van der Waals surface area contributed by atoms with Crippen molar-refractivity contribution in [1.29, 1.82) is 3.56 Å². The Labute approximate surface area is 214 Å². The fourth-order valence-electron chi connectivity index (χ4n) is 5.60. The number of carbonyl (C=O) groups is 1. The molecule has 1 aliphatic carbocycles. The molecule has 9 heteroatoms. The van der Waals surface area contributed by atoms with Crippen LogP contribution in [0.25, 0.3) is 11.4 Å². The lowest BCUT2D eigenvalue weighted by atomic mass is 9.60. The largest absolute Gasteiger partial charge is 0.477 e. The van der Waals surface area contributed by atoms with Gasteiger partial charge in [0.1, 0.15) is 9.87 Å². The molecule has 3 heterocycles. The predicted molar refractivity (Wildman–Crippen MR) is 138 cm³/mol. The van der Waals surface area contributed by atoms with Crippen LogP contribution in [0.1, 0.15) is 42.1 Å². The second kappa shape index (κ2) is 9.67. The van der Waals surface area contributed by atoms with E-state index in [2.05, 4.69) is 21.9 Å². The molecule has 5 rings (SSSR count). The van der Waals surface area contributed by atoms with Crippen molar-refractivity contribution < 1.29 is 13.9 Å². The van der Waals surface area contributed by atoms with Crippen LogP contribution in [0.5, 0.6) is 5.88 Å². The number of benzene rings is 1. The van der Waals surface area contributed by atoms with Gasteiger partial charge in [0, 0.05) is 56.5 Å². The number of nitrogens with one attached hydrogen (secondary N) is 1. The molecule has 0 spiro atoms. The van der Waals surface area contributed by atoms with Crippen LogP contribution in [-0.2, 0) is 0 Å². The first kappa shape index (κ1) is 23.9. The Morgan fingerprint density at radius 1 is 1.26 bits per heavy atom. The summed E-state index contributed by atoms with van der Waals surface area (Å²) in [6.45, 7) is 4.46. The predicted octanol–water partition coefficient (Wildman–Crippen LogP) is 5.76. The molecule has 35 heavy (non-hydrogen) atoms. The van der Waals surface area contributed by atoms with Crippen molar-refractivity contribution in [2.75, 3.05) is 6.61 Å². The van der Waals surface area contributed by atoms with E-state index in [-0.39, 0.29) is 27.3 Å². The van der Waals surface area contributed by atoms with Gasteiger partial charge in [0.25, 0.3) is 5.91 Å². The van der Waals surface area contributed by atoms with E-state index in [0.717, 1.165) is 31.0 Å². The van der Waals surface area contributed by atoms with Crippen LogP contribution in [0.3, 0.4) is 0 Å². The Kier molecular flexibility index (Phi) is 6.61. The SMILES string of the molecule is CCC1C2CCC2(COc2ccc(F)cn2)C(I=N)N1C(=O)c1cc(C)ccc1-c1ncccn1. The number of fused-ring (bicyclic) bond motifs is 1. The first-order valence-electron chi connectivity index (χ1n) is 11.7. The lowest BCUT2D eigenvalue weighted by Crippen LogP contribution is -2.49. The minimum Gasteiger partial charge on any atom is -0.477 e. The van der Waals surface area contributed by atoms with Crippen LogP contribution in [-0.4, -0.2) is 42.5 Å². The van der Waals surface area contributed by atoms with E-state index in [1.807, 2.05) is 30.0 Å². The monoisotopic (exact) mass is 587 g/mol. The molecule has 3 aromatic rings. The van der Waals surface area contributed by atoms with E-state index in [0.29, 0.717) is 29.4 Å². The summed E-state index contributed by atoms with van der Waals surface area (Å²) in [7, 11) is 0. The molecule has 2 aliphatic rings. The number of carbonyl (C=O) groups excluding carboxylic acids is 1. The number of hydrogen-bond acceptors (Lipinski definition) is 6. The van der Waals surface area contributed by atoms with E-state index in [9.17, 15) is 9.18 Å². The number of halogens is 2. The number of aryl methyl sites for hydroxylation is 1. The number of likely N-dealkylation sites (tertiary alicyclic amines) is 1. The van der Waals surface area contributed by atoms with Crippen LogP contribution in [0.15, 0.2) is 55.0 Å². The van der Waals surface area contributed by atoms with Gasteiger partial charge >= 0.3 is 0 Å². The molecule has 2 fully saturated rings. The van der Waals surface area contributed by atoms with Crippen molar-refractivity contribution in [3.63, 3.8) is 0 Å². The molecule has 1 amide bonds. The van der Waals surface area contributed by atoms with E-state index >= 15 is 0 Å². The van der Waals surface area contributed by atoms with E-state index < -0.39 is 26.9 Å². The minimum absolute atomic E-state index is 0.0427. The summed E-state index contributed by atoms with van der Waals surface area (Å²) in [5.74, 6) is 0.686. The number of rotatable bonds is 7. The number of pyridine rings is 1. The van der Waals surface area contributed by atoms with Gasteiger partial charge in [-0.1, -0.05) is 24.6 Å². The first-order chi connectivity index (χ1) is 17.0. The molecule has 1 saturated carbocycles. The van der Waals surface area contributed by atoms with Gasteiger partial charge in [0.15, 0.2) is 5.82 Å². The molecule has 0 bridgehead atoms. The molecule has 182 valence electrons. The molecular weight excluding hydrogens is 560 g/mol. The van der Waals surface area contributed by atoms with Crippen molar-refractivity contribution >= 4 is 26.9 Å². The molecule has 7 nitrogen and oxygen atoms in total. The Morgan fingerprint density at radius 3 is 2.69 bits per heavy atom. The topological polar surface area (TPSA) is 92.1 Å². The van der Waals surface area contributed by atoms with Crippen LogP contribution < -0.4 is 4.74 Å². The number of ether oxygens (including phenoxy) is 1. The van der Waals surface area contributed by atoms with Crippen molar-refractivity contribution in [1.82, 2.24) is 19.9 Å². The molecule has 1 aliphatic heterocycles. The zero-order chi connectivity index (χ0) is 24.6. The Morgan fingerprint density at radius 2 is 2.06 bits per heavy atom. The summed E-state index contributed by atoms with van der Waals surface area (Å²) < 4.78 is 27.7. The molecule has 1 N–H and O–H groups in total. The van der Waals surface area contributed by atoms with Crippen LogP contribution in [0.2, 0.25) is 0 Å². The lowest BCUT2D eigenvalue weighted by Gasteiger charge is -2.46. The second-order valence-electron chi connectivity index (χ2n) is 9.24. The summed E-state index contributed by atoms with van der Waals surface area (Å²) in [5, 5.41) is 0. The summed E-state index contributed by atoms with van der Waals surface area (Å²) in [5.41, 5.74) is 2.00. The maximum absolute atomic E-state index is 14.2. The van der Waals surface area contributed by atoms with Crippen LogP contribution in [0.4, 0.5) is 4.39 Å². The van der Waals surface area contributed by atoms with Crippen molar-refractivity contribution in [3.8, 4) is 17.3 Å². The van der Waals surface area contributed by atoms with Gasteiger partial charge in [0.2, 0.25) is 5.88 Å². The summed E-state index contributed by atoms with van der Waals surface area (Å²) in [6, 6.07) is 10.4. The van der Waals surface area contributed by atoms with E-state index in [1.165, 1.54) is 12.1 Å². The second-order valence-corrected chi connectivity index (χ2v) is 11.0. The van der Waals surface area contributed by atoms with E-state index in [1.54, 1.807) is 18.5 Å². The maximum atomic E-state index is 14.2. The van der Waals surface area contributed by atoms with Gasteiger partial charge in [0.05, 0.1) is 18.4 Å². The number of hydrogen-bond donors (Lipinski definition) is 1. The molecule has 4 atom stereocenters. The first-order valence-corrected chi connectivity index (χ1v) is 14.0. The third kappa shape index (κ3) is 4.13. The minimum atomic E-state index is -1.06. The highest BCUT2D eigenvalue weighted by Gasteiger charge is 2.65. The summed E-state index contributed by atoms with van der Waals surface area (Å²) in [4.78, 5) is 29.0. The average molecular weight is 587 g/mol. The van der Waals surface area contributed by atoms with Crippen LogP contribution >= 0.6 is 21.0 Å². The number of amides is 1. The fraction of sp³-hybridized carbons (Fsp3) is 0.385. The molecule has 0 radical (unpaired) electrons. The quantitative estimate of drug-likeness (QED) is 0.216. The highest BCUT2D eigenvalue weighted by molar-refractivity contribution is 14.1. The maximum Gasteiger partial charge on any atom is 0.255 e. The number of nitrogens with zero attached hydrogens (tertiary/aromatic N) is 4. The third-order valence-electron chi connectivity index (χ3n) is 7.36. The van der Waals surface area contributed by atoms with Gasteiger partial charge in [-0.15, -0.1) is 0 Å². The normalized spacial score (nSPS) is 25.1. The zero-order valence-electron chi connectivity index (χ0n) is 19.6. The third-order valence-corrected chi connectivity index (χ3v) is 9.79. The molecule has 1 saturated heterocycles. The number of alkyl halides is 1. The molecule has 1 aromatic carbocycles. The zero-order valence-corrected chi connectivity index (χ0v) is 21.8. The molecule has 4 unspecified atom stereocenters. The smallest absolute Gasteiger partial charge is 0.255 e. The standard InChI is InChI=1S/C26H27FIN5O2/c1-3-21-20-9-10-26(20,15-35-22-8-6-17(27)14-32-22)25(28-29)33(21)24(34)19-13-16(2)5-7-18(19)23-30-11-4-12-31-23/h4-8,11-14,20-21,25,29H,3,9-10,15H2,1-2H3. The van der Waals surface area contributed by atoms with Gasteiger partial charge in [-0.05, 0) is 50.3 Å². The molecule has 2 aromatic heterocycles. The fourth-order valence-corrected chi connectivity index (χ4v) is 8.14. The Balaban J connectivity index is 1.50. The lowest BCUT2D eigenvalue weighted by molar-refractivity contribution is 0.00856. The Bertz CT molecular complexity index is 1240. The summed E-state index contributed by atoms with van der Waals surface area (Å²) in [6.07, 6.45) is 7.22. The van der Waals surface area contributed by atoms with Gasteiger partial charge in [-0.2, -0.15) is 0 Å².